The molecule has 0 saturated carbocycles. The maximum absolute atomic E-state index is 12.8. The molecule has 1 heterocycles. The van der Waals surface area contributed by atoms with Gasteiger partial charge in [-0.3, -0.25) is 9.59 Å². The molecule has 7 heteroatoms. The number of anilines is 1. The summed E-state index contributed by atoms with van der Waals surface area (Å²) in [4.78, 5) is 41.3. The van der Waals surface area contributed by atoms with E-state index in [2.05, 4.69) is 10.6 Å². The summed E-state index contributed by atoms with van der Waals surface area (Å²) in [6.07, 6.45) is 0. The number of benzene rings is 2. The summed E-state index contributed by atoms with van der Waals surface area (Å²) in [6, 6.07) is 15.8. The summed E-state index contributed by atoms with van der Waals surface area (Å²) < 4.78 is 0. The van der Waals surface area contributed by atoms with Crippen LogP contribution >= 0.6 is 0 Å². The lowest BCUT2D eigenvalue weighted by molar-refractivity contribution is 0.0671. The zero-order chi connectivity index (χ0) is 21.7. The first-order chi connectivity index (χ1) is 14.2. The zero-order valence-electron chi connectivity index (χ0n) is 17.6. The van der Waals surface area contributed by atoms with E-state index in [4.69, 9.17) is 0 Å². The molecule has 2 aromatic rings. The molecular formula is C23H28N4O3. The number of para-hydroxylation sites is 1. The second-order valence-electron chi connectivity index (χ2n) is 8.33. The van der Waals surface area contributed by atoms with Crippen LogP contribution in [0.1, 0.15) is 41.5 Å². The van der Waals surface area contributed by atoms with Gasteiger partial charge in [0.25, 0.3) is 11.8 Å². The van der Waals surface area contributed by atoms with Crippen molar-refractivity contribution in [3.63, 3.8) is 0 Å². The summed E-state index contributed by atoms with van der Waals surface area (Å²) in [5.41, 5.74) is 1.15. The third kappa shape index (κ3) is 5.37. The lowest BCUT2D eigenvalue weighted by atomic mass is 10.1. The number of nitrogens with zero attached hydrogens (tertiary/aromatic N) is 2. The number of hydrogen-bond acceptors (Lipinski definition) is 3. The van der Waals surface area contributed by atoms with Crippen molar-refractivity contribution in [2.75, 3.05) is 31.5 Å². The molecule has 30 heavy (non-hydrogen) atoms. The first-order valence-electron chi connectivity index (χ1n) is 10.1. The highest BCUT2D eigenvalue weighted by atomic mass is 16.2. The maximum atomic E-state index is 12.8. The van der Waals surface area contributed by atoms with Crippen LogP contribution < -0.4 is 10.6 Å². The minimum Gasteiger partial charge on any atom is -0.347 e. The average molecular weight is 409 g/mol. The Balaban J connectivity index is 1.60. The zero-order valence-corrected chi connectivity index (χ0v) is 17.6. The van der Waals surface area contributed by atoms with Crippen LogP contribution in [0.25, 0.3) is 0 Å². The van der Waals surface area contributed by atoms with Gasteiger partial charge in [-0.05, 0) is 45.0 Å². The van der Waals surface area contributed by atoms with Gasteiger partial charge in [-0.1, -0.05) is 30.3 Å². The van der Waals surface area contributed by atoms with E-state index in [1.54, 1.807) is 46.2 Å². The predicted molar refractivity (Wildman–Crippen MR) is 117 cm³/mol. The minimum atomic E-state index is -0.379. The fourth-order valence-electron chi connectivity index (χ4n) is 3.27. The van der Waals surface area contributed by atoms with Crippen LogP contribution in [-0.4, -0.2) is 59.4 Å². The lowest BCUT2D eigenvalue weighted by Gasteiger charge is -2.35. The Morgan fingerprint density at radius 1 is 0.800 bits per heavy atom. The molecule has 158 valence electrons. The summed E-state index contributed by atoms with van der Waals surface area (Å²) in [5.74, 6) is -0.267. The third-order valence-electron chi connectivity index (χ3n) is 4.78. The molecule has 0 atom stereocenters. The number of rotatable bonds is 3. The topological polar surface area (TPSA) is 81.8 Å². The van der Waals surface area contributed by atoms with E-state index >= 15 is 0 Å². The number of carbonyl (C=O) groups is 3. The normalized spacial score (nSPS) is 14.2. The second kappa shape index (κ2) is 8.98. The standard InChI is InChI=1S/C23H28N4O3/c1-23(2,3)25-20(28)18-11-7-8-12-19(18)24-22(30)27-15-13-26(14-16-27)21(29)17-9-5-4-6-10-17/h4-12H,13-16H2,1-3H3,(H,24,30)(H,25,28). The Morgan fingerprint density at radius 2 is 1.37 bits per heavy atom. The highest BCUT2D eigenvalue weighted by Crippen LogP contribution is 2.18. The van der Waals surface area contributed by atoms with Gasteiger partial charge in [0.15, 0.2) is 0 Å². The van der Waals surface area contributed by atoms with E-state index < -0.39 is 0 Å². The molecule has 0 aromatic heterocycles. The molecule has 1 aliphatic rings. The summed E-state index contributed by atoms with van der Waals surface area (Å²) >= 11 is 0. The smallest absolute Gasteiger partial charge is 0.321 e. The van der Waals surface area contributed by atoms with E-state index in [0.29, 0.717) is 43.0 Å². The second-order valence-corrected chi connectivity index (χ2v) is 8.33. The van der Waals surface area contributed by atoms with E-state index in [-0.39, 0.29) is 23.4 Å². The molecule has 7 nitrogen and oxygen atoms in total. The number of carbonyl (C=O) groups excluding carboxylic acids is 3. The van der Waals surface area contributed by atoms with Gasteiger partial charge in [0.05, 0.1) is 11.3 Å². The molecule has 0 aliphatic carbocycles. The summed E-state index contributed by atoms with van der Waals surface area (Å²) in [6.45, 7) is 7.51. The van der Waals surface area contributed by atoms with Gasteiger partial charge in [0.2, 0.25) is 0 Å². The molecule has 0 spiro atoms. The summed E-state index contributed by atoms with van der Waals surface area (Å²) in [7, 11) is 0. The van der Waals surface area contributed by atoms with Crippen molar-refractivity contribution in [1.29, 1.82) is 0 Å². The SMILES string of the molecule is CC(C)(C)NC(=O)c1ccccc1NC(=O)N1CCN(C(=O)c2ccccc2)CC1. The van der Waals surface area contributed by atoms with Gasteiger partial charge < -0.3 is 20.4 Å². The Kier molecular flexibility index (Phi) is 6.40. The van der Waals surface area contributed by atoms with Crippen molar-refractivity contribution in [2.24, 2.45) is 0 Å². The highest BCUT2D eigenvalue weighted by Gasteiger charge is 2.26. The highest BCUT2D eigenvalue weighted by molar-refractivity contribution is 6.03. The van der Waals surface area contributed by atoms with Crippen molar-refractivity contribution >= 4 is 23.5 Å². The number of nitrogens with one attached hydrogen (secondary N) is 2. The van der Waals surface area contributed by atoms with Crippen LogP contribution in [0, 0.1) is 0 Å². The molecule has 4 amide bonds. The van der Waals surface area contributed by atoms with Gasteiger partial charge in [-0.25, -0.2) is 4.79 Å². The molecule has 1 fully saturated rings. The molecule has 0 radical (unpaired) electrons. The van der Waals surface area contributed by atoms with Gasteiger partial charge in [-0.2, -0.15) is 0 Å². The Hall–Kier alpha value is -3.35. The van der Waals surface area contributed by atoms with Crippen LogP contribution in [0.5, 0.6) is 0 Å². The molecule has 1 aliphatic heterocycles. The summed E-state index contributed by atoms with van der Waals surface area (Å²) in [5, 5.41) is 5.76. The van der Waals surface area contributed by atoms with Crippen LogP contribution in [0.2, 0.25) is 0 Å². The number of piperazine rings is 1. The van der Waals surface area contributed by atoms with Crippen molar-refractivity contribution in [3.8, 4) is 0 Å². The molecule has 3 rings (SSSR count). The lowest BCUT2D eigenvalue weighted by Crippen LogP contribution is -2.51. The Morgan fingerprint density at radius 3 is 2.00 bits per heavy atom. The monoisotopic (exact) mass is 408 g/mol. The van der Waals surface area contributed by atoms with Gasteiger partial charge in [0.1, 0.15) is 0 Å². The first kappa shape index (κ1) is 21.4. The Labute approximate surface area is 177 Å². The molecule has 0 unspecified atom stereocenters. The molecule has 2 aromatic carbocycles. The van der Waals surface area contributed by atoms with Gasteiger partial charge >= 0.3 is 6.03 Å². The maximum Gasteiger partial charge on any atom is 0.321 e. The molecule has 1 saturated heterocycles. The number of urea groups is 1. The largest absolute Gasteiger partial charge is 0.347 e. The van der Waals surface area contributed by atoms with E-state index in [1.165, 1.54) is 0 Å². The van der Waals surface area contributed by atoms with Crippen LogP contribution in [-0.2, 0) is 0 Å². The van der Waals surface area contributed by atoms with E-state index in [9.17, 15) is 14.4 Å². The van der Waals surface area contributed by atoms with Gasteiger partial charge in [0, 0.05) is 37.3 Å². The third-order valence-corrected chi connectivity index (χ3v) is 4.78. The quantitative estimate of drug-likeness (QED) is 0.818. The minimum absolute atomic E-state index is 0.0279. The van der Waals surface area contributed by atoms with Crippen molar-refractivity contribution in [2.45, 2.75) is 26.3 Å². The number of hydrogen-bond donors (Lipinski definition) is 2. The number of amides is 4. The fourth-order valence-corrected chi connectivity index (χ4v) is 3.27. The molecule has 2 N–H and O–H groups in total. The Bertz CT molecular complexity index is 914. The fraction of sp³-hybridized carbons (Fsp3) is 0.348. The van der Waals surface area contributed by atoms with Crippen LogP contribution in [0.15, 0.2) is 54.6 Å². The van der Waals surface area contributed by atoms with Crippen molar-refractivity contribution < 1.29 is 14.4 Å². The average Bonchev–Trinajstić information content (AvgIpc) is 2.73. The van der Waals surface area contributed by atoms with Crippen LogP contribution in [0.3, 0.4) is 0 Å². The van der Waals surface area contributed by atoms with Crippen molar-refractivity contribution in [1.82, 2.24) is 15.1 Å². The molecule has 0 bridgehead atoms. The van der Waals surface area contributed by atoms with Crippen LogP contribution in [0.4, 0.5) is 10.5 Å². The van der Waals surface area contributed by atoms with E-state index in [1.807, 2.05) is 39.0 Å². The van der Waals surface area contributed by atoms with E-state index in [0.717, 1.165) is 0 Å². The van der Waals surface area contributed by atoms with Gasteiger partial charge in [-0.15, -0.1) is 0 Å². The first-order valence-corrected chi connectivity index (χ1v) is 10.1. The predicted octanol–water partition coefficient (Wildman–Crippen LogP) is 3.20. The van der Waals surface area contributed by atoms with Crippen molar-refractivity contribution in [3.05, 3.63) is 65.7 Å². The molecular weight excluding hydrogens is 380 g/mol.